The fraction of sp³-hybridized carbons (Fsp3) is 0.963. The smallest absolute Gasteiger partial charge is 0.224 e. The third kappa shape index (κ3) is 7.18. The third-order valence-corrected chi connectivity index (χ3v) is 9.44. The van der Waals surface area contributed by atoms with Crippen molar-refractivity contribution in [3.8, 4) is 0 Å². The van der Waals surface area contributed by atoms with E-state index in [0.717, 1.165) is 51.4 Å². The summed E-state index contributed by atoms with van der Waals surface area (Å²) in [6, 6.07) is 1.38. The van der Waals surface area contributed by atoms with Crippen molar-refractivity contribution < 1.29 is 19.4 Å². The van der Waals surface area contributed by atoms with E-state index in [1.165, 1.54) is 32.1 Å². The van der Waals surface area contributed by atoms with Gasteiger partial charge in [0.2, 0.25) is 5.91 Å². The number of nitrogens with zero attached hydrogens (tertiary/aromatic N) is 1. The first-order valence-electron chi connectivity index (χ1n) is 14.6. The highest BCUT2D eigenvalue weighted by molar-refractivity contribution is 5.79. The number of carbonyl (C=O) groups is 1. The highest BCUT2D eigenvalue weighted by Crippen LogP contribution is 2.37. The van der Waals surface area contributed by atoms with E-state index in [1.54, 1.807) is 0 Å². The van der Waals surface area contributed by atoms with Crippen LogP contribution in [0, 0.1) is 17.8 Å². The van der Waals surface area contributed by atoms with Crippen LogP contribution in [0.15, 0.2) is 0 Å². The number of likely N-dealkylation sites (tertiary alicyclic amines) is 1. The Morgan fingerprint density at radius 3 is 2.81 bits per heavy atom. The molecule has 5 fully saturated rings. The average Bonchev–Trinajstić information content (AvgIpc) is 3.28. The van der Waals surface area contributed by atoms with E-state index in [1.807, 2.05) is 0 Å². The number of ether oxygens (including phenoxy) is 2. The second-order valence-electron chi connectivity index (χ2n) is 12.2. The summed E-state index contributed by atoms with van der Waals surface area (Å²) in [6.07, 6.45) is 9.37. The van der Waals surface area contributed by atoms with E-state index < -0.39 is 6.10 Å². The largest absolute Gasteiger partial charge is 0.390 e. The van der Waals surface area contributed by atoms with Crippen LogP contribution < -0.4 is 21.3 Å². The van der Waals surface area contributed by atoms with Gasteiger partial charge in [-0.1, -0.05) is 6.42 Å². The monoisotopic (exact) mass is 507 g/mol. The van der Waals surface area contributed by atoms with E-state index in [0.29, 0.717) is 56.6 Å². The molecule has 3 saturated heterocycles. The number of carbonyl (C=O) groups excluding carboxylic acids is 1. The molecule has 5 aliphatic rings. The maximum Gasteiger partial charge on any atom is 0.224 e. The zero-order valence-electron chi connectivity index (χ0n) is 22.1. The number of piperidine rings is 2. The highest BCUT2D eigenvalue weighted by Gasteiger charge is 2.36. The van der Waals surface area contributed by atoms with Crippen LogP contribution in [0.25, 0.3) is 0 Å². The maximum atomic E-state index is 12.8. The Morgan fingerprint density at radius 2 is 2.03 bits per heavy atom. The van der Waals surface area contributed by atoms with Gasteiger partial charge in [0.25, 0.3) is 0 Å². The van der Waals surface area contributed by atoms with Crippen LogP contribution >= 0.6 is 0 Å². The van der Waals surface area contributed by atoms with Gasteiger partial charge < -0.3 is 35.4 Å². The summed E-state index contributed by atoms with van der Waals surface area (Å²) in [5.74, 6) is 1.47. The number of hydrogen-bond donors (Lipinski definition) is 5. The van der Waals surface area contributed by atoms with Crippen LogP contribution in [0.5, 0.6) is 0 Å². The van der Waals surface area contributed by atoms with Crippen molar-refractivity contribution in [1.82, 2.24) is 26.2 Å². The minimum Gasteiger partial charge on any atom is -0.390 e. The van der Waals surface area contributed by atoms with Gasteiger partial charge >= 0.3 is 0 Å². The molecule has 5 N–H and O–H groups in total. The van der Waals surface area contributed by atoms with Crippen molar-refractivity contribution in [2.75, 3.05) is 52.6 Å². The number of amides is 1. The Kier molecular flexibility index (Phi) is 9.54. The first-order valence-corrected chi connectivity index (χ1v) is 14.6. The average molecular weight is 508 g/mol. The van der Waals surface area contributed by atoms with Gasteiger partial charge in [0.05, 0.1) is 37.6 Å². The molecular weight excluding hydrogens is 458 g/mol. The summed E-state index contributed by atoms with van der Waals surface area (Å²) in [5.41, 5.74) is 0. The number of fused-ring (bicyclic) bond motifs is 1. The van der Waals surface area contributed by atoms with E-state index in [2.05, 4.69) is 33.1 Å². The van der Waals surface area contributed by atoms with E-state index in [-0.39, 0.29) is 17.9 Å². The van der Waals surface area contributed by atoms with E-state index in [9.17, 15) is 9.90 Å². The number of rotatable bonds is 10. The molecular formula is C27H49N5O4. The molecule has 3 aliphatic heterocycles. The minimum absolute atomic E-state index is 0.0172. The summed E-state index contributed by atoms with van der Waals surface area (Å²) in [4.78, 5) is 15.2. The number of hydrogen-bond acceptors (Lipinski definition) is 8. The lowest BCUT2D eigenvalue weighted by atomic mass is 9.74. The van der Waals surface area contributed by atoms with Gasteiger partial charge in [0, 0.05) is 50.8 Å². The Balaban J connectivity index is 0.968. The summed E-state index contributed by atoms with van der Waals surface area (Å²) in [5, 5.41) is 24.1. The molecule has 7 unspecified atom stereocenters. The summed E-state index contributed by atoms with van der Waals surface area (Å²) >= 11 is 0. The molecule has 9 nitrogen and oxygen atoms in total. The van der Waals surface area contributed by atoms with E-state index >= 15 is 0 Å². The quantitative estimate of drug-likeness (QED) is 0.290. The van der Waals surface area contributed by atoms with Crippen LogP contribution in [0.4, 0.5) is 0 Å². The van der Waals surface area contributed by atoms with Crippen LogP contribution in [-0.4, -0.2) is 105 Å². The predicted molar refractivity (Wildman–Crippen MR) is 139 cm³/mol. The fourth-order valence-corrected chi connectivity index (χ4v) is 6.85. The second-order valence-corrected chi connectivity index (χ2v) is 12.2. The van der Waals surface area contributed by atoms with Gasteiger partial charge in [-0.05, 0) is 70.3 Å². The number of β-amino-alcohol motifs (C(OH)–C–C–N with tert-alkyl or cyclic N) is 1. The molecule has 2 aliphatic carbocycles. The normalized spacial score (nSPS) is 38.8. The van der Waals surface area contributed by atoms with Crippen molar-refractivity contribution in [3.63, 3.8) is 0 Å². The molecule has 0 bridgehead atoms. The third-order valence-electron chi connectivity index (χ3n) is 9.44. The van der Waals surface area contributed by atoms with Crippen molar-refractivity contribution >= 4 is 5.91 Å². The van der Waals surface area contributed by atoms with E-state index in [4.69, 9.17) is 9.47 Å². The molecule has 36 heavy (non-hydrogen) atoms. The molecule has 8 atom stereocenters. The topological polar surface area (TPSA) is 107 Å². The molecule has 2 saturated carbocycles. The van der Waals surface area contributed by atoms with Crippen molar-refractivity contribution in [1.29, 1.82) is 0 Å². The minimum atomic E-state index is -0.521. The lowest BCUT2D eigenvalue weighted by Gasteiger charge is -2.44. The van der Waals surface area contributed by atoms with Crippen molar-refractivity contribution in [2.45, 2.75) is 94.7 Å². The van der Waals surface area contributed by atoms with Crippen LogP contribution in [0.2, 0.25) is 0 Å². The predicted octanol–water partition coefficient (Wildman–Crippen LogP) is 0.425. The van der Waals surface area contributed by atoms with Crippen LogP contribution in [0.1, 0.15) is 58.3 Å². The molecule has 0 spiro atoms. The molecule has 5 rings (SSSR count). The highest BCUT2D eigenvalue weighted by atomic mass is 16.5. The van der Waals surface area contributed by atoms with Gasteiger partial charge in [0.15, 0.2) is 0 Å². The molecule has 9 heteroatoms. The molecule has 0 radical (unpaired) electrons. The Bertz CT molecular complexity index is 710. The summed E-state index contributed by atoms with van der Waals surface area (Å²) in [6.45, 7) is 8.20. The zero-order chi connectivity index (χ0) is 24.9. The van der Waals surface area contributed by atoms with Crippen LogP contribution in [0.3, 0.4) is 0 Å². The lowest BCUT2D eigenvalue weighted by molar-refractivity contribution is -0.126. The number of aliphatic hydroxyl groups is 1. The Hall–Kier alpha value is -0.810. The Labute approximate surface area is 216 Å². The second kappa shape index (κ2) is 12.8. The van der Waals surface area contributed by atoms with Gasteiger partial charge in [-0.3, -0.25) is 10.1 Å². The zero-order valence-corrected chi connectivity index (χ0v) is 22.1. The van der Waals surface area contributed by atoms with Crippen molar-refractivity contribution in [2.24, 2.45) is 17.8 Å². The maximum absolute atomic E-state index is 12.8. The molecule has 206 valence electrons. The van der Waals surface area contributed by atoms with Crippen molar-refractivity contribution in [3.05, 3.63) is 0 Å². The number of aliphatic hydroxyl groups excluding tert-OH is 1. The summed E-state index contributed by atoms with van der Waals surface area (Å²) < 4.78 is 12.0. The van der Waals surface area contributed by atoms with Gasteiger partial charge in [0.1, 0.15) is 0 Å². The van der Waals surface area contributed by atoms with Gasteiger partial charge in [-0.15, -0.1) is 0 Å². The SMILES string of the molecule is CC1NCOC1COC1CCC2CN(C[C@@H](O)CNC(=O)C3CNCC(NC4CCC4)C3)CCC2C1. The fourth-order valence-electron chi connectivity index (χ4n) is 6.85. The molecule has 0 aromatic heterocycles. The molecule has 1 amide bonds. The Morgan fingerprint density at radius 1 is 1.14 bits per heavy atom. The van der Waals surface area contributed by atoms with Crippen LogP contribution in [-0.2, 0) is 14.3 Å². The first kappa shape index (κ1) is 26.8. The lowest BCUT2D eigenvalue weighted by Crippen LogP contribution is -2.55. The number of nitrogens with one attached hydrogen (secondary N) is 4. The first-order chi connectivity index (χ1) is 17.5. The van der Waals surface area contributed by atoms with Gasteiger partial charge in [-0.25, -0.2) is 0 Å². The van der Waals surface area contributed by atoms with Gasteiger partial charge in [-0.2, -0.15) is 0 Å². The molecule has 0 aromatic carbocycles. The molecule has 0 aromatic rings. The standard InChI is InChI=1S/C27H49N5O4/c1-18-26(36-17-30-18)16-35-25-6-5-20-14-32(8-7-19(20)10-25)15-24(33)13-29-27(34)21-9-23(12-28-11-21)31-22-3-2-4-22/h18-26,28,30-31,33H,2-17H2,1H3,(H,29,34)/t18?,19?,20?,21?,23?,24-,25?,26?/m0/s1. The molecule has 3 heterocycles. The summed E-state index contributed by atoms with van der Waals surface area (Å²) in [7, 11) is 0.